The number of imidazole rings is 1. The lowest BCUT2D eigenvalue weighted by Crippen LogP contribution is -2.33. The molecule has 2 rings (SSSR count). The molecule has 98 valence electrons. The van der Waals surface area contributed by atoms with Crippen LogP contribution in [0.2, 0.25) is 5.02 Å². The Hall–Kier alpha value is -1.30. The molecule has 0 radical (unpaired) electrons. The summed E-state index contributed by atoms with van der Waals surface area (Å²) in [5.41, 5.74) is 7.12. The number of aryl methyl sites for hydroxylation is 1. The first-order chi connectivity index (χ1) is 7.99. The zero-order chi connectivity index (χ0) is 12.6. The number of halogens is 2. The van der Waals surface area contributed by atoms with Crippen molar-refractivity contribution in [1.82, 2.24) is 9.55 Å². The van der Waals surface area contributed by atoms with Crippen molar-refractivity contribution in [2.24, 2.45) is 12.8 Å². The van der Waals surface area contributed by atoms with Crippen molar-refractivity contribution < 1.29 is 4.79 Å². The van der Waals surface area contributed by atoms with Crippen molar-refractivity contribution >= 4 is 46.9 Å². The molecular formula is C11H14Cl2N4O. The highest BCUT2D eigenvalue weighted by atomic mass is 35.5. The van der Waals surface area contributed by atoms with Crippen LogP contribution in [0.25, 0.3) is 11.0 Å². The van der Waals surface area contributed by atoms with Gasteiger partial charge in [0.05, 0.1) is 17.1 Å². The topological polar surface area (TPSA) is 72.9 Å². The van der Waals surface area contributed by atoms with Crippen LogP contribution in [0.15, 0.2) is 18.2 Å². The summed E-state index contributed by atoms with van der Waals surface area (Å²) in [6, 6.07) is 4.81. The van der Waals surface area contributed by atoms with Crippen LogP contribution < -0.4 is 11.1 Å². The van der Waals surface area contributed by atoms with E-state index >= 15 is 0 Å². The molecule has 1 atom stereocenters. The van der Waals surface area contributed by atoms with Gasteiger partial charge in [-0.3, -0.25) is 10.1 Å². The predicted octanol–water partition coefficient (Wildman–Crippen LogP) is 1.93. The molecule has 1 unspecified atom stereocenters. The fraction of sp³-hybridized carbons (Fsp3) is 0.273. The summed E-state index contributed by atoms with van der Waals surface area (Å²) in [5, 5.41) is 3.28. The third-order valence-electron chi connectivity index (χ3n) is 2.49. The number of hydrogen-bond donors (Lipinski definition) is 2. The fourth-order valence-corrected chi connectivity index (χ4v) is 1.68. The summed E-state index contributed by atoms with van der Waals surface area (Å²) in [5.74, 6) is 0.194. The van der Waals surface area contributed by atoms with Crippen LogP contribution in [0.4, 0.5) is 5.95 Å². The molecule has 0 saturated heterocycles. The van der Waals surface area contributed by atoms with Gasteiger partial charge in [0.2, 0.25) is 11.9 Å². The third-order valence-corrected chi connectivity index (χ3v) is 2.73. The van der Waals surface area contributed by atoms with Gasteiger partial charge in [0, 0.05) is 12.1 Å². The van der Waals surface area contributed by atoms with Gasteiger partial charge >= 0.3 is 0 Å². The minimum Gasteiger partial charge on any atom is -0.320 e. The molecule has 3 N–H and O–H groups in total. The van der Waals surface area contributed by atoms with E-state index in [9.17, 15) is 4.79 Å². The smallest absolute Gasteiger partial charge is 0.243 e. The summed E-state index contributed by atoms with van der Waals surface area (Å²) < 4.78 is 1.78. The highest BCUT2D eigenvalue weighted by Crippen LogP contribution is 2.21. The molecule has 2 aromatic rings. The second kappa shape index (κ2) is 5.56. The molecule has 0 saturated carbocycles. The Morgan fingerprint density at radius 1 is 1.56 bits per heavy atom. The number of carbonyl (C=O) groups is 1. The highest BCUT2D eigenvalue weighted by Gasteiger charge is 2.13. The molecule has 0 fully saturated rings. The lowest BCUT2D eigenvalue weighted by atomic mass is 10.3. The van der Waals surface area contributed by atoms with Crippen molar-refractivity contribution in [3.8, 4) is 0 Å². The molecule has 1 amide bonds. The number of rotatable bonds is 2. The summed E-state index contributed by atoms with van der Waals surface area (Å²) in [7, 11) is 1.82. The summed E-state index contributed by atoms with van der Waals surface area (Å²) in [6.07, 6.45) is 0. The minimum absolute atomic E-state index is 0. The first-order valence-corrected chi connectivity index (χ1v) is 5.55. The number of nitrogens with two attached hydrogens (primary N) is 1. The van der Waals surface area contributed by atoms with Crippen LogP contribution in [0.1, 0.15) is 6.92 Å². The van der Waals surface area contributed by atoms with E-state index < -0.39 is 6.04 Å². The largest absolute Gasteiger partial charge is 0.320 e. The predicted molar refractivity (Wildman–Crippen MR) is 75.3 cm³/mol. The molecule has 18 heavy (non-hydrogen) atoms. The first kappa shape index (κ1) is 14.8. The molecule has 7 heteroatoms. The van der Waals surface area contributed by atoms with E-state index in [0.717, 1.165) is 11.0 Å². The van der Waals surface area contributed by atoms with Crippen LogP contribution in [-0.4, -0.2) is 21.5 Å². The van der Waals surface area contributed by atoms with E-state index in [1.807, 2.05) is 13.1 Å². The molecule has 1 heterocycles. The Kier molecular flexibility index (Phi) is 4.56. The Balaban J connectivity index is 0.00000162. The number of carbonyl (C=O) groups excluding carboxylic acids is 1. The van der Waals surface area contributed by atoms with Gasteiger partial charge in [-0.25, -0.2) is 4.98 Å². The van der Waals surface area contributed by atoms with Crippen LogP contribution >= 0.6 is 24.0 Å². The maximum atomic E-state index is 11.5. The summed E-state index contributed by atoms with van der Waals surface area (Å²) >= 11 is 5.88. The minimum atomic E-state index is -0.571. The van der Waals surface area contributed by atoms with Crippen LogP contribution in [-0.2, 0) is 11.8 Å². The van der Waals surface area contributed by atoms with E-state index in [-0.39, 0.29) is 18.3 Å². The number of anilines is 1. The average molecular weight is 289 g/mol. The maximum Gasteiger partial charge on any atom is 0.243 e. The molecule has 0 spiro atoms. The number of nitrogens with zero attached hydrogens (tertiary/aromatic N) is 2. The SMILES string of the molecule is CC(N)C(=O)Nc1nc2cc(Cl)ccc2n1C.Cl. The molecule has 0 aliphatic heterocycles. The first-order valence-electron chi connectivity index (χ1n) is 5.17. The molecule has 1 aromatic heterocycles. The molecule has 0 aliphatic carbocycles. The van der Waals surface area contributed by atoms with Gasteiger partial charge in [-0.1, -0.05) is 11.6 Å². The zero-order valence-corrected chi connectivity index (χ0v) is 11.5. The standard InChI is InChI=1S/C11H13ClN4O.ClH/c1-6(13)10(17)15-11-14-8-5-7(12)3-4-9(8)16(11)2;/h3-6H,13H2,1-2H3,(H,14,15,17);1H. The Bertz CT molecular complexity index is 580. The van der Waals surface area contributed by atoms with Gasteiger partial charge in [-0.2, -0.15) is 0 Å². The van der Waals surface area contributed by atoms with Crippen molar-refractivity contribution in [2.75, 3.05) is 5.32 Å². The number of hydrogen-bond acceptors (Lipinski definition) is 3. The van der Waals surface area contributed by atoms with E-state index in [2.05, 4.69) is 10.3 Å². The van der Waals surface area contributed by atoms with Crippen molar-refractivity contribution in [3.05, 3.63) is 23.2 Å². The zero-order valence-electron chi connectivity index (χ0n) is 9.98. The number of benzene rings is 1. The van der Waals surface area contributed by atoms with Gasteiger partial charge < -0.3 is 10.3 Å². The van der Waals surface area contributed by atoms with E-state index in [1.54, 1.807) is 23.6 Å². The van der Waals surface area contributed by atoms with Crippen molar-refractivity contribution in [3.63, 3.8) is 0 Å². The van der Waals surface area contributed by atoms with Crippen LogP contribution in [0.5, 0.6) is 0 Å². The van der Waals surface area contributed by atoms with Crippen LogP contribution in [0, 0.1) is 0 Å². The van der Waals surface area contributed by atoms with Gasteiger partial charge in [-0.05, 0) is 25.1 Å². The summed E-state index contributed by atoms with van der Waals surface area (Å²) in [6.45, 7) is 1.62. The second-order valence-corrected chi connectivity index (χ2v) is 4.34. The van der Waals surface area contributed by atoms with E-state index in [0.29, 0.717) is 11.0 Å². The van der Waals surface area contributed by atoms with Gasteiger partial charge in [-0.15, -0.1) is 12.4 Å². The van der Waals surface area contributed by atoms with Gasteiger partial charge in [0.25, 0.3) is 0 Å². The normalized spacial score (nSPS) is 12.0. The molecule has 0 aliphatic rings. The monoisotopic (exact) mass is 288 g/mol. The Morgan fingerprint density at radius 3 is 2.83 bits per heavy atom. The number of nitrogens with one attached hydrogen (secondary N) is 1. The quantitative estimate of drug-likeness (QED) is 0.887. The molecule has 0 bridgehead atoms. The lowest BCUT2D eigenvalue weighted by molar-refractivity contribution is -0.117. The van der Waals surface area contributed by atoms with Gasteiger partial charge in [0.15, 0.2) is 0 Å². The van der Waals surface area contributed by atoms with Gasteiger partial charge in [0.1, 0.15) is 0 Å². The highest BCUT2D eigenvalue weighted by molar-refractivity contribution is 6.31. The molecule has 5 nitrogen and oxygen atoms in total. The maximum absolute atomic E-state index is 11.5. The van der Waals surface area contributed by atoms with Crippen molar-refractivity contribution in [1.29, 1.82) is 0 Å². The van der Waals surface area contributed by atoms with E-state index in [4.69, 9.17) is 17.3 Å². The van der Waals surface area contributed by atoms with E-state index in [1.165, 1.54) is 0 Å². The number of fused-ring (bicyclic) bond motifs is 1. The molecule has 1 aromatic carbocycles. The van der Waals surface area contributed by atoms with Crippen LogP contribution in [0.3, 0.4) is 0 Å². The second-order valence-electron chi connectivity index (χ2n) is 3.91. The Morgan fingerprint density at radius 2 is 2.22 bits per heavy atom. The fourth-order valence-electron chi connectivity index (χ4n) is 1.51. The number of amides is 1. The lowest BCUT2D eigenvalue weighted by Gasteiger charge is -2.06. The third kappa shape index (κ3) is 2.75. The number of aromatic nitrogens is 2. The molecular weight excluding hydrogens is 275 g/mol. The summed E-state index contributed by atoms with van der Waals surface area (Å²) in [4.78, 5) is 15.8. The average Bonchev–Trinajstić information content (AvgIpc) is 2.55. The van der Waals surface area contributed by atoms with Crippen molar-refractivity contribution in [2.45, 2.75) is 13.0 Å². The Labute approximate surface area is 116 Å².